The molecular formula is C10H16N2O3. The summed E-state index contributed by atoms with van der Waals surface area (Å²) in [5.41, 5.74) is -0.379. The zero-order valence-electron chi connectivity index (χ0n) is 9.53. The molecule has 15 heavy (non-hydrogen) atoms. The minimum Gasteiger partial charge on any atom is -0.377 e. The van der Waals surface area contributed by atoms with Crippen molar-refractivity contribution in [3.05, 3.63) is 11.7 Å². The fraction of sp³-hybridized carbons (Fsp3) is 0.700. The van der Waals surface area contributed by atoms with Crippen molar-refractivity contribution in [2.45, 2.75) is 33.8 Å². The first-order valence-corrected chi connectivity index (χ1v) is 4.77. The van der Waals surface area contributed by atoms with Gasteiger partial charge >= 0.3 is 0 Å². The molecule has 0 spiro atoms. The summed E-state index contributed by atoms with van der Waals surface area (Å²) in [5, 5.41) is 3.68. The van der Waals surface area contributed by atoms with Gasteiger partial charge in [0.1, 0.15) is 12.4 Å². The van der Waals surface area contributed by atoms with Crippen molar-refractivity contribution >= 4 is 5.78 Å². The molecule has 1 rings (SSSR count). The molecule has 1 aromatic heterocycles. The van der Waals surface area contributed by atoms with Crippen LogP contribution in [0.1, 0.15) is 32.5 Å². The van der Waals surface area contributed by atoms with E-state index < -0.39 is 0 Å². The average molecular weight is 212 g/mol. The van der Waals surface area contributed by atoms with Crippen molar-refractivity contribution in [1.29, 1.82) is 0 Å². The molecule has 0 fully saturated rings. The number of carbonyl (C=O) groups excluding carboxylic acids is 1. The van der Waals surface area contributed by atoms with Crippen LogP contribution >= 0.6 is 0 Å². The highest BCUT2D eigenvalue weighted by atomic mass is 16.5. The van der Waals surface area contributed by atoms with Crippen LogP contribution in [0.15, 0.2) is 4.52 Å². The fourth-order valence-electron chi connectivity index (χ4n) is 0.952. The molecule has 0 saturated heterocycles. The Morgan fingerprint density at radius 1 is 1.47 bits per heavy atom. The third-order valence-electron chi connectivity index (χ3n) is 1.93. The van der Waals surface area contributed by atoms with Gasteiger partial charge in [-0.2, -0.15) is 4.98 Å². The van der Waals surface area contributed by atoms with Crippen LogP contribution in [-0.4, -0.2) is 23.0 Å². The number of methoxy groups -OCH3 is 1. The van der Waals surface area contributed by atoms with Gasteiger partial charge < -0.3 is 9.26 Å². The smallest absolute Gasteiger partial charge is 0.234 e. The highest BCUT2D eigenvalue weighted by molar-refractivity contribution is 5.84. The molecule has 1 aromatic rings. The number of ether oxygens (including phenoxy) is 1. The number of aromatic nitrogens is 2. The molecule has 5 nitrogen and oxygen atoms in total. The fourth-order valence-corrected chi connectivity index (χ4v) is 0.952. The Bertz CT molecular complexity index is 339. The second kappa shape index (κ2) is 4.53. The minimum absolute atomic E-state index is 0.0788. The van der Waals surface area contributed by atoms with Gasteiger partial charge in [-0.15, -0.1) is 0 Å². The van der Waals surface area contributed by atoms with Gasteiger partial charge in [-0.1, -0.05) is 25.9 Å². The predicted molar refractivity (Wildman–Crippen MR) is 53.2 cm³/mol. The van der Waals surface area contributed by atoms with Crippen LogP contribution in [0.4, 0.5) is 0 Å². The van der Waals surface area contributed by atoms with Crippen LogP contribution in [0.2, 0.25) is 0 Å². The summed E-state index contributed by atoms with van der Waals surface area (Å²) in [6.45, 7) is 5.89. The van der Waals surface area contributed by atoms with E-state index in [0.29, 0.717) is 18.3 Å². The van der Waals surface area contributed by atoms with E-state index in [2.05, 4.69) is 10.1 Å². The first kappa shape index (κ1) is 11.8. The summed E-state index contributed by atoms with van der Waals surface area (Å²) < 4.78 is 9.76. The molecule has 0 unspecified atom stereocenters. The maximum atomic E-state index is 11.6. The van der Waals surface area contributed by atoms with Gasteiger partial charge in [0.25, 0.3) is 0 Å². The Morgan fingerprint density at radius 2 is 2.13 bits per heavy atom. The highest BCUT2D eigenvalue weighted by Crippen LogP contribution is 2.17. The second-order valence-electron chi connectivity index (χ2n) is 4.39. The van der Waals surface area contributed by atoms with Crippen molar-refractivity contribution in [1.82, 2.24) is 10.1 Å². The van der Waals surface area contributed by atoms with E-state index in [1.165, 1.54) is 0 Å². The molecule has 0 bridgehead atoms. The van der Waals surface area contributed by atoms with Gasteiger partial charge in [0.15, 0.2) is 5.82 Å². The Kier molecular flexibility index (Phi) is 3.57. The predicted octanol–water partition coefficient (Wildman–Crippen LogP) is 1.37. The van der Waals surface area contributed by atoms with Crippen molar-refractivity contribution in [3.63, 3.8) is 0 Å². The number of carbonyl (C=O) groups is 1. The van der Waals surface area contributed by atoms with E-state index >= 15 is 0 Å². The molecular weight excluding hydrogens is 196 g/mol. The number of Topliss-reactive ketones (excluding diaryl/α,β-unsaturated/α-hetero) is 1. The molecule has 0 radical (unpaired) electrons. The van der Waals surface area contributed by atoms with E-state index in [4.69, 9.17) is 9.26 Å². The number of nitrogens with zero attached hydrogens (tertiary/aromatic N) is 2. The van der Waals surface area contributed by atoms with Crippen molar-refractivity contribution in [2.75, 3.05) is 7.11 Å². The van der Waals surface area contributed by atoms with Gasteiger partial charge in [-0.25, -0.2) is 0 Å². The first-order chi connectivity index (χ1) is 6.93. The zero-order chi connectivity index (χ0) is 11.5. The molecule has 0 aromatic carbocycles. The monoisotopic (exact) mass is 212 g/mol. The van der Waals surface area contributed by atoms with Gasteiger partial charge in [0.2, 0.25) is 5.89 Å². The first-order valence-electron chi connectivity index (χ1n) is 4.77. The molecule has 1 heterocycles. The maximum absolute atomic E-state index is 11.6. The third-order valence-corrected chi connectivity index (χ3v) is 1.93. The van der Waals surface area contributed by atoms with Crippen LogP contribution in [0, 0.1) is 5.41 Å². The van der Waals surface area contributed by atoms with Crippen LogP contribution in [0.25, 0.3) is 0 Å². The minimum atomic E-state index is -0.379. The quantitative estimate of drug-likeness (QED) is 0.754. The average Bonchev–Trinajstić information content (AvgIpc) is 2.51. The largest absolute Gasteiger partial charge is 0.377 e. The number of rotatable bonds is 4. The molecule has 0 aliphatic rings. The molecule has 84 valence electrons. The van der Waals surface area contributed by atoms with Gasteiger partial charge in [0.05, 0.1) is 6.42 Å². The summed E-state index contributed by atoms with van der Waals surface area (Å²) in [7, 11) is 1.55. The SMILES string of the molecule is COCc1noc(CC(=O)C(C)(C)C)n1. The normalized spacial score (nSPS) is 11.7. The number of ketones is 1. The maximum Gasteiger partial charge on any atom is 0.234 e. The van der Waals surface area contributed by atoms with Gasteiger partial charge in [-0.3, -0.25) is 4.79 Å². The lowest BCUT2D eigenvalue weighted by Crippen LogP contribution is -2.22. The summed E-state index contributed by atoms with van der Waals surface area (Å²) >= 11 is 0. The third kappa shape index (κ3) is 3.43. The van der Waals surface area contributed by atoms with Crippen LogP contribution < -0.4 is 0 Å². The topological polar surface area (TPSA) is 65.2 Å². The molecule has 0 N–H and O–H groups in total. The highest BCUT2D eigenvalue weighted by Gasteiger charge is 2.23. The molecule has 0 atom stereocenters. The molecule has 0 aliphatic carbocycles. The van der Waals surface area contributed by atoms with Crippen molar-refractivity contribution in [3.8, 4) is 0 Å². The van der Waals surface area contributed by atoms with E-state index in [-0.39, 0.29) is 17.6 Å². The van der Waals surface area contributed by atoms with Crippen LogP contribution in [0.3, 0.4) is 0 Å². The second-order valence-corrected chi connectivity index (χ2v) is 4.39. The lowest BCUT2D eigenvalue weighted by Gasteiger charge is -2.14. The lowest BCUT2D eigenvalue weighted by molar-refractivity contribution is -0.125. The summed E-state index contributed by atoms with van der Waals surface area (Å²) in [4.78, 5) is 15.7. The Labute approximate surface area is 88.8 Å². The number of hydrogen-bond acceptors (Lipinski definition) is 5. The Hall–Kier alpha value is -1.23. The lowest BCUT2D eigenvalue weighted by atomic mass is 9.89. The van der Waals surface area contributed by atoms with E-state index in [1.54, 1.807) is 7.11 Å². The van der Waals surface area contributed by atoms with Crippen molar-refractivity contribution in [2.24, 2.45) is 5.41 Å². The number of hydrogen-bond donors (Lipinski definition) is 0. The van der Waals surface area contributed by atoms with E-state index in [0.717, 1.165) is 0 Å². The summed E-state index contributed by atoms with van der Waals surface area (Å²) in [6.07, 6.45) is 0.181. The Balaban J connectivity index is 2.61. The zero-order valence-corrected chi connectivity index (χ0v) is 9.53. The summed E-state index contributed by atoms with van der Waals surface area (Å²) in [5.74, 6) is 0.895. The standard InChI is InChI=1S/C10H16N2O3/c1-10(2,3)7(13)5-9-11-8(6-14-4)12-15-9/h5-6H2,1-4H3. The molecule has 5 heteroatoms. The molecule has 0 saturated carbocycles. The van der Waals surface area contributed by atoms with Gasteiger partial charge in [-0.05, 0) is 0 Å². The van der Waals surface area contributed by atoms with E-state index in [9.17, 15) is 4.79 Å². The van der Waals surface area contributed by atoms with Crippen LogP contribution in [-0.2, 0) is 22.6 Å². The molecule has 0 amide bonds. The van der Waals surface area contributed by atoms with Crippen LogP contribution in [0.5, 0.6) is 0 Å². The summed E-state index contributed by atoms with van der Waals surface area (Å²) in [6, 6.07) is 0. The molecule has 0 aliphatic heterocycles. The van der Waals surface area contributed by atoms with E-state index in [1.807, 2.05) is 20.8 Å². The van der Waals surface area contributed by atoms with Crippen molar-refractivity contribution < 1.29 is 14.1 Å². The van der Waals surface area contributed by atoms with Gasteiger partial charge in [0, 0.05) is 12.5 Å². The Morgan fingerprint density at radius 3 is 2.67 bits per heavy atom.